The van der Waals surface area contributed by atoms with E-state index in [1.165, 1.54) is 47.0 Å². The molecule has 1 amide bonds. The molecule has 2 aliphatic carbocycles. The summed E-state index contributed by atoms with van der Waals surface area (Å²) < 4.78 is 3.55. The molecular weight excluding hydrogens is 340 g/mol. The Balaban J connectivity index is 1.48. The molecule has 26 heavy (non-hydrogen) atoms. The number of nitrogens with one attached hydrogen (secondary N) is 1. The van der Waals surface area contributed by atoms with E-state index in [0.29, 0.717) is 6.04 Å². The van der Waals surface area contributed by atoms with Gasteiger partial charge >= 0.3 is 0 Å². The summed E-state index contributed by atoms with van der Waals surface area (Å²) in [7, 11) is 0. The smallest absolute Gasteiger partial charge is 0.268 e. The van der Waals surface area contributed by atoms with Gasteiger partial charge in [0.15, 0.2) is 0 Å². The molecule has 0 aliphatic heterocycles. The van der Waals surface area contributed by atoms with E-state index in [9.17, 15) is 4.79 Å². The van der Waals surface area contributed by atoms with Crippen molar-refractivity contribution >= 4 is 27.5 Å². The van der Waals surface area contributed by atoms with Crippen LogP contribution in [0.5, 0.6) is 0 Å². The SMILES string of the molecule is O=C(NC1CCCc2ccccc21)c1cc2sccc2n1C1CCCC1. The lowest BCUT2D eigenvalue weighted by Crippen LogP contribution is -2.32. The van der Waals surface area contributed by atoms with Crippen molar-refractivity contribution in [2.24, 2.45) is 0 Å². The third-order valence-corrected chi connectivity index (χ3v) is 6.91. The monoisotopic (exact) mass is 364 g/mol. The average molecular weight is 365 g/mol. The maximum Gasteiger partial charge on any atom is 0.268 e. The highest BCUT2D eigenvalue weighted by Gasteiger charge is 2.27. The Morgan fingerprint density at radius 2 is 1.92 bits per heavy atom. The van der Waals surface area contributed by atoms with Crippen LogP contribution in [0.3, 0.4) is 0 Å². The van der Waals surface area contributed by atoms with Crippen LogP contribution in [-0.2, 0) is 6.42 Å². The van der Waals surface area contributed by atoms with Crippen LogP contribution in [0, 0.1) is 0 Å². The lowest BCUT2D eigenvalue weighted by molar-refractivity contribution is 0.0921. The topological polar surface area (TPSA) is 34.0 Å². The first-order valence-electron chi connectivity index (χ1n) is 9.78. The Labute approximate surface area is 158 Å². The number of thiophene rings is 1. The molecule has 134 valence electrons. The summed E-state index contributed by atoms with van der Waals surface area (Å²) in [6.45, 7) is 0. The van der Waals surface area contributed by atoms with E-state index in [1.54, 1.807) is 11.3 Å². The maximum atomic E-state index is 13.2. The zero-order valence-electron chi connectivity index (χ0n) is 14.9. The van der Waals surface area contributed by atoms with Crippen molar-refractivity contribution in [2.45, 2.75) is 57.0 Å². The fourth-order valence-electron chi connectivity index (χ4n) is 4.81. The predicted octanol–water partition coefficient (Wildman–Crippen LogP) is 5.63. The van der Waals surface area contributed by atoms with Crippen LogP contribution in [0.25, 0.3) is 10.2 Å². The van der Waals surface area contributed by atoms with Gasteiger partial charge in [-0.1, -0.05) is 37.1 Å². The van der Waals surface area contributed by atoms with Crippen LogP contribution in [0.15, 0.2) is 41.8 Å². The van der Waals surface area contributed by atoms with Gasteiger partial charge in [-0.3, -0.25) is 4.79 Å². The van der Waals surface area contributed by atoms with Crippen molar-refractivity contribution in [3.8, 4) is 0 Å². The Morgan fingerprint density at radius 3 is 2.81 bits per heavy atom. The minimum absolute atomic E-state index is 0.0852. The summed E-state index contributed by atoms with van der Waals surface area (Å²) >= 11 is 1.73. The molecule has 3 aromatic rings. The largest absolute Gasteiger partial charge is 0.344 e. The van der Waals surface area contributed by atoms with Crippen LogP contribution < -0.4 is 5.32 Å². The first-order chi connectivity index (χ1) is 12.8. The molecule has 4 heteroatoms. The first kappa shape index (κ1) is 16.1. The number of benzene rings is 1. The predicted molar refractivity (Wildman–Crippen MR) is 107 cm³/mol. The first-order valence-corrected chi connectivity index (χ1v) is 10.7. The van der Waals surface area contributed by atoms with Gasteiger partial charge < -0.3 is 9.88 Å². The van der Waals surface area contributed by atoms with Crippen molar-refractivity contribution in [3.63, 3.8) is 0 Å². The Kier molecular flexibility index (Phi) is 4.08. The van der Waals surface area contributed by atoms with Gasteiger partial charge in [0.05, 0.1) is 16.3 Å². The number of aromatic nitrogens is 1. The molecule has 1 unspecified atom stereocenters. The van der Waals surface area contributed by atoms with Crippen molar-refractivity contribution in [3.05, 3.63) is 58.6 Å². The third-order valence-electron chi connectivity index (χ3n) is 6.06. The number of hydrogen-bond donors (Lipinski definition) is 1. The van der Waals surface area contributed by atoms with Gasteiger partial charge in [-0.25, -0.2) is 0 Å². The van der Waals surface area contributed by atoms with Gasteiger partial charge in [0.1, 0.15) is 5.69 Å². The summed E-state index contributed by atoms with van der Waals surface area (Å²) in [5.41, 5.74) is 4.77. The van der Waals surface area contributed by atoms with Crippen molar-refractivity contribution in [1.29, 1.82) is 0 Å². The minimum atomic E-state index is 0.0852. The Morgan fingerprint density at radius 1 is 1.08 bits per heavy atom. The van der Waals surface area contributed by atoms with E-state index >= 15 is 0 Å². The standard InChI is InChI=1S/C22H24N2OS/c25-22(23-18-11-5-7-15-6-1-4-10-17(15)18)20-14-21-19(12-13-26-21)24(20)16-8-2-3-9-16/h1,4,6,10,12-14,16,18H,2-3,5,7-9,11H2,(H,23,25). The fraction of sp³-hybridized carbons (Fsp3) is 0.409. The fourth-order valence-corrected chi connectivity index (χ4v) is 5.62. The molecule has 1 aromatic carbocycles. The quantitative estimate of drug-likeness (QED) is 0.642. The van der Waals surface area contributed by atoms with Gasteiger partial charge in [-0.05, 0) is 60.7 Å². The van der Waals surface area contributed by atoms with E-state index in [2.05, 4.69) is 51.7 Å². The molecule has 1 fully saturated rings. The molecule has 3 nitrogen and oxygen atoms in total. The highest BCUT2D eigenvalue weighted by Crippen LogP contribution is 2.37. The van der Waals surface area contributed by atoms with Gasteiger partial charge in [-0.2, -0.15) is 0 Å². The van der Waals surface area contributed by atoms with Crippen LogP contribution in [0.4, 0.5) is 0 Å². The van der Waals surface area contributed by atoms with Gasteiger partial charge in [0, 0.05) is 6.04 Å². The lowest BCUT2D eigenvalue weighted by Gasteiger charge is -2.27. The second kappa shape index (κ2) is 6.58. The molecule has 1 saturated carbocycles. The molecule has 0 saturated heterocycles. The average Bonchev–Trinajstić information content (AvgIpc) is 3.38. The number of amides is 1. The Bertz CT molecular complexity index is 948. The van der Waals surface area contributed by atoms with Crippen molar-refractivity contribution in [2.75, 3.05) is 0 Å². The number of aryl methyl sites for hydroxylation is 1. The Hall–Kier alpha value is -2.07. The molecule has 2 aliphatic rings. The molecular formula is C22H24N2OS. The van der Waals surface area contributed by atoms with E-state index in [-0.39, 0.29) is 11.9 Å². The van der Waals surface area contributed by atoms with Crippen LogP contribution in [0.1, 0.15) is 72.2 Å². The van der Waals surface area contributed by atoms with Gasteiger partial charge in [-0.15, -0.1) is 11.3 Å². The molecule has 0 bridgehead atoms. The summed E-state index contributed by atoms with van der Waals surface area (Å²) in [6.07, 6.45) is 8.20. The molecule has 2 aromatic heterocycles. The van der Waals surface area contributed by atoms with E-state index in [1.807, 2.05) is 0 Å². The summed E-state index contributed by atoms with van der Waals surface area (Å²) in [4.78, 5) is 13.2. The highest BCUT2D eigenvalue weighted by molar-refractivity contribution is 7.17. The van der Waals surface area contributed by atoms with E-state index in [4.69, 9.17) is 0 Å². The van der Waals surface area contributed by atoms with Gasteiger partial charge in [0.2, 0.25) is 0 Å². The second-order valence-electron chi connectivity index (χ2n) is 7.63. The summed E-state index contributed by atoms with van der Waals surface area (Å²) in [5, 5.41) is 5.48. The van der Waals surface area contributed by atoms with Crippen LogP contribution in [0.2, 0.25) is 0 Å². The van der Waals surface area contributed by atoms with Crippen LogP contribution in [-0.4, -0.2) is 10.5 Å². The molecule has 1 atom stereocenters. The zero-order valence-corrected chi connectivity index (χ0v) is 15.7. The molecule has 5 rings (SSSR count). The van der Waals surface area contributed by atoms with Crippen molar-refractivity contribution < 1.29 is 4.79 Å². The highest BCUT2D eigenvalue weighted by atomic mass is 32.1. The molecule has 0 radical (unpaired) electrons. The summed E-state index contributed by atoms with van der Waals surface area (Å²) in [6, 6.07) is 13.4. The second-order valence-corrected chi connectivity index (χ2v) is 8.57. The third kappa shape index (κ3) is 2.67. The van der Waals surface area contributed by atoms with Gasteiger partial charge in [0.25, 0.3) is 5.91 Å². The normalized spacial score (nSPS) is 20.4. The zero-order chi connectivity index (χ0) is 17.5. The number of rotatable bonds is 3. The van der Waals surface area contributed by atoms with E-state index in [0.717, 1.165) is 25.0 Å². The number of fused-ring (bicyclic) bond motifs is 2. The molecule has 2 heterocycles. The maximum absolute atomic E-state index is 13.2. The number of carbonyl (C=O) groups is 1. The number of nitrogens with zero attached hydrogens (tertiary/aromatic N) is 1. The number of hydrogen-bond acceptors (Lipinski definition) is 2. The van der Waals surface area contributed by atoms with Crippen molar-refractivity contribution in [1.82, 2.24) is 9.88 Å². The minimum Gasteiger partial charge on any atom is -0.344 e. The van der Waals surface area contributed by atoms with E-state index < -0.39 is 0 Å². The summed E-state index contributed by atoms with van der Waals surface area (Å²) in [5.74, 6) is 0.0852. The lowest BCUT2D eigenvalue weighted by atomic mass is 9.87. The molecule has 1 N–H and O–H groups in total. The number of carbonyl (C=O) groups excluding carboxylic acids is 1. The molecule has 0 spiro atoms. The van der Waals surface area contributed by atoms with Crippen LogP contribution >= 0.6 is 11.3 Å².